The number of methoxy groups -OCH3 is 1. The van der Waals surface area contributed by atoms with Gasteiger partial charge in [-0.3, -0.25) is 0 Å². The smallest absolute Gasteiger partial charge is 0.349 e. The maximum absolute atomic E-state index is 12.9. The standard InChI is InChI=1S/C19H24N2O4S2/c1-25-19(22)18-17(9-15-26-18)27(23,24)21-13-11-20(12-14-21)10-5-8-16-6-3-2-4-7-16/h2-4,6-7,9,15H,5,8,10-14H2,1H3. The molecule has 0 spiro atoms. The van der Waals surface area contributed by atoms with Gasteiger partial charge < -0.3 is 9.64 Å². The lowest BCUT2D eigenvalue weighted by Crippen LogP contribution is -2.48. The molecule has 0 saturated carbocycles. The summed E-state index contributed by atoms with van der Waals surface area (Å²) in [6.07, 6.45) is 2.07. The van der Waals surface area contributed by atoms with Crippen molar-refractivity contribution >= 4 is 27.3 Å². The van der Waals surface area contributed by atoms with Gasteiger partial charge in [-0.1, -0.05) is 30.3 Å². The van der Waals surface area contributed by atoms with E-state index >= 15 is 0 Å². The molecule has 0 N–H and O–H groups in total. The zero-order chi connectivity index (χ0) is 19.3. The van der Waals surface area contributed by atoms with Gasteiger partial charge in [0.2, 0.25) is 10.0 Å². The molecule has 146 valence electrons. The van der Waals surface area contributed by atoms with Crippen LogP contribution in [0.2, 0.25) is 0 Å². The first-order valence-electron chi connectivity index (χ1n) is 8.94. The first-order valence-corrected chi connectivity index (χ1v) is 11.3. The molecule has 1 saturated heterocycles. The summed E-state index contributed by atoms with van der Waals surface area (Å²) < 4.78 is 32.0. The van der Waals surface area contributed by atoms with Crippen molar-refractivity contribution in [1.29, 1.82) is 0 Å². The summed E-state index contributed by atoms with van der Waals surface area (Å²) in [5.41, 5.74) is 1.33. The molecule has 1 aliphatic heterocycles. The Hall–Kier alpha value is -1.74. The summed E-state index contributed by atoms with van der Waals surface area (Å²) in [7, 11) is -2.42. The number of esters is 1. The van der Waals surface area contributed by atoms with E-state index in [1.165, 1.54) is 23.0 Å². The molecule has 1 aromatic heterocycles. The molecule has 0 bridgehead atoms. The fraction of sp³-hybridized carbons (Fsp3) is 0.421. The average molecular weight is 409 g/mol. The zero-order valence-corrected chi connectivity index (χ0v) is 17.0. The minimum Gasteiger partial charge on any atom is -0.465 e. The number of piperazine rings is 1. The summed E-state index contributed by atoms with van der Waals surface area (Å²) in [5.74, 6) is -0.608. The van der Waals surface area contributed by atoms with Crippen molar-refractivity contribution in [2.24, 2.45) is 0 Å². The molecule has 1 aromatic carbocycles. The van der Waals surface area contributed by atoms with E-state index in [0.717, 1.165) is 30.7 Å². The van der Waals surface area contributed by atoms with Crippen LogP contribution in [-0.2, 0) is 21.2 Å². The topological polar surface area (TPSA) is 66.9 Å². The second kappa shape index (κ2) is 8.97. The van der Waals surface area contributed by atoms with Crippen molar-refractivity contribution in [2.75, 3.05) is 39.8 Å². The lowest BCUT2D eigenvalue weighted by Gasteiger charge is -2.33. The van der Waals surface area contributed by atoms with Crippen LogP contribution in [0.25, 0.3) is 0 Å². The molecule has 0 unspecified atom stereocenters. The highest BCUT2D eigenvalue weighted by atomic mass is 32.2. The van der Waals surface area contributed by atoms with E-state index < -0.39 is 16.0 Å². The van der Waals surface area contributed by atoms with Crippen molar-refractivity contribution in [1.82, 2.24) is 9.21 Å². The number of hydrogen-bond acceptors (Lipinski definition) is 6. The van der Waals surface area contributed by atoms with E-state index in [0.29, 0.717) is 26.2 Å². The lowest BCUT2D eigenvalue weighted by atomic mass is 10.1. The molecule has 3 rings (SSSR count). The second-order valence-electron chi connectivity index (χ2n) is 6.44. The van der Waals surface area contributed by atoms with Gasteiger partial charge in [0.25, 0.3) is 0 Å². The molecule has 0 aliphatic carbocycles. The number of carbonyl (C=O) groups excluding carboxylic acids is 1. The summed E-state index contributed by atoms with van der Waals surface area (Å²) in [5, 5.41) is 1.61. The van der Waals surface area contributed by atoms with Crippen LogP contribution in [0.3, 0.4) is 0 Å². The van der Waals surface area contributed by atoms with Gasteiger partial charge in [-0.05, 0) is 36.4 Å². The number of benzene rings is 1. The highest BCUT2D eigenvalue weighted by molar-refractivity contribution is 7.89. The van der Waals surface area contributed by atoms with Gasteiger partial charge in [0.1, 0.15) is 9.77 Å². The number of ether oxygens (including phenoxy) is 1. The van der Waals surface area contributed by atoms with Gasteiger partial charge in [0.15, 0.2) is 0 Å². The fourth-order valence-corrected chi connectivity index (χ4v) is 5.96. The molecule has 1 fully saturated rings. The average Bonchev–Trinajstić information content (AvgIpc) is 3.19. The van der Waals surface area contributed by atoms with Crippen molar-refractivity contribution in [2.45, 2.75) is 17.7 Å². The minimum absolute atomic E-state index is 0.0527. The Morgan fingerprint density at radius 3 is 2.48 bits per heavy atom. The first-order chi connectivity index (χ1) is 13.0. The van der Waals surface area contributed by atoms with Crippen LogP contribution in [0.15, 0.2) is 46.7 Å². The largest absolute Gasteiger partial charge is 0.465 e. The van der Waals surface area contributed by atoms with Crippen molar-refractivity contribution in [3.8, 4) is 0 Å². The van der Waals surface area contributed by atoms with Crippen LogP contribution >= 0.6 is 11.3 Å². The third-order valence-corrected chi connectivity index (χ3v) is 7.70. The Labute approximate surface area is 164 Å². The normalized spacial score (nSPS) is 16.3. The van der Waals surface area contributed by atoms with Crippen LogP contribution < -0.4 is 0 Å². The molecule has 6 nitrogen and oxygen atoms in total. The summed E-state index contributed by atoms with van der Waals surface area (Å²) in [6, 6.07) is 11.9. The molecule has 0 atom stereocenters. The van der Waals surface area contributed by atoms with Gasteiger partial charge >= 0.3 is 5.97 Å². The zero-order valence-electron chi connectivity index (χ0n) is 15.3. The van der Waals surface area contributed by atoms with E-state index in [1.807, 2.05) is 18.2 Å². The Morgan fingerprint density at radius 2 is 1.81 bits per heavy atom. The summed E-state index contributed by atoms with van der Waals surface area (Å²) >= 11 is 1.09. The van der Waals surface area contributed by atoms with Crippen LogP contribution in [0, 0.1) is 0 Å². The number of nitrogens with zero attached hydrogens (tertiary/aromatic N) is 2. The Bertz CT molecular complexity index is 857. The van der Waals surface area contributed by atoms with Crippen molar-refractivity contribution < 1.29 is 17.9 Å². The maximum Gasteiger partial charge on any atom is 0.349 e. The molecule has 8 heteroatoms. The Morgan fingerprint density at radius 1 is 1.11 bits per heavy atom. The number of carbonyl (C=O) groups is 1. The van der Waals surface area contributed by atoms with E-state index in [-0.39, 0.29) is 9.77 Å². The molecule has 2 heterocycles. The maximum atomic E-state index is 12.9. The molecular formula is C19H24N2O4S2. The third-order valence-electron chi connectivity index (χ3n) is 4.73. The summed E-state index contributed by atoms with van der Waals surface area (Å²) in [6.45, 7) is 3.22. The Balaban J connectivity index is 1.54. The van der Waals surface area contributed by atoms with Crippen LogP contribution in [0.5, 0.6) is 0 Å². The highest BCUT2D eigenvalue weighted by Gasteiger charge is 2.32. The molecule has 27 heavy (non-hydrogen) atoms. The molecule has 2 aromatic rings. The lowest BCUT2D eigenvalue weighted by molar-refractivity contribution is 0.0602. The quantitative estimate of drug-likeness (QED) is 0.659. The van der Waals surface area contributed by atoms with Crippen molar-refractivity contribution in [3.05, 3.63) is 52.2 Å². The van der Waals surface area contributed by atoms with E-state index in [1.54, 1.807) is 5.38 Å². The van der Waals surface area contributed by atoms with Crippen LogP contribution in [0.4, 0.5) is 0 Å². The number of thiophene rings is 1. The van der Waals surface area contributed by atoms with E-state index in [4.69, 9.17) is 4.74 Å². The van der Waals surface area contributed by atoms with Crippen LogP contribution in [-0.4, -0.2) is 63.4 Å². The minimum atomic E-state index is -3.68. The number of aryl methyl sites for hydroxylation is 1. The Kier molecular flexibility index (Phi) is 6.64. The van der Waals surface area contributed by atoms with Gasteiger partial charge in [-0.15, -0.1) is 11.3 Å². The number of sulfonamides is 1. The van der Waals surface area contributed by atoms with Gasteiger partial charge in [0.05, 0.1) is 7.11 Å². The molecule has 0 amide bonds. The predicted octanol–water partition coefficient (Wildman–Crippen LogP) is 2.47. The van der Waals surface area contributed by atoms with Gasteiger partial charge in [0, 0.05) is 26.2 Å². The van der Waals surface area contributed by atoms with E-state index in [9.17, 15) is 13.2 Å². The van der Waals surface area contributed by atoms with Crippen LogP contribution in [0.1, 0.15) is 21.7 Å². The number of rotatable bonds is 7. The molecular weight excluding hydrogens is 384 g/mol. The summed E-state index contributed by atoms with van der Waals surface area (Å²) in [4.78, 5) is 14.3. The highest BCUT2D eigenvalue weighted by Crippen LogP contribution is 2.26. The van der Waals surface area contributed by atoms with Crippen molar-refractivity contribution in [3.63, 3.8) is 0 Å². The van der Waals surface area contributed by atoms with Gasteiger partial charge in [-0.25, -0.2) is 13.2 Å². The monoisotopic (exact) mass is 408 g/mol. The SMILES string of the molecule is COC(=O)c1sccc1S(=O)(=O)N1CCN(CCCc2ccccc2)CC1. The van der Waals surface area contributed by atoms with E-state index in [2.05, 4.69) is 17.0 Å². The second-order valence-corrected chi connectivity index (χ2v) is 9.26. The molecule has 1 aliphatic rings. The third kappa shape index (κ3) is 4.76. The predicted molar refractivity (Wildman–Crippen MR) is 106 cm³/mol. The van der Waals surface area contributed by atoms with Gasteiger partial charge in [-0.2, -0.15) is 4.31 Å². The number of hydrogen-bond donors (Lipinski definition) is 0. The first kappa shape index (κ1) is 20.0. The molecule has 0 radical (unpaired) electrons. The fourth-order valence-electron chi connectivity index (χ4n) is 3.23.